The Morgan fingerprint density at radius 3 is 2.17 bits per heavy atom. The minimum Gasteiger partial charge on any atom is -0.463 e. The molecule has 2 aromatic rings. The van der Waals surface area contributed by atoms with Gasteiger partial charge in [-0.1, -0.05) is 128 Å². The molecule has 0 fully saturated rings. The minimum absolute atomic E-state index is 0.311. The highest BCUT2D eigenvalue weighted by Crippen LogP contribution is 2.24. The number of hydrogen-bond acceptors (Lipinski definition) is 5. The molecule has 0 saturated carbocycles. The summed E-state index contributed by atoms with van der Waals surface area (Å²) in [7, 11) is 0. The standard InChI is InChI=1S/C31H48N2O3/c1-4-6-7-8-9-10-11-12-18-23-35-30(34)28-25-32-31(33-29(28)27-21-16-13-17-22-27)36-24-19-14-15-20-26(3)5-2/h13,16-17,21-22,25-26H,4-12,14-15,18-20,23-24H2,1-3H3. The molecule has 2 rings (SSSR count). The van der Waals surface area contributed by atoms with Crippen molar-refractivity contribution in [1.29, 1.82) is 0 Å². The molecule has 1 atom stereocenters. The summed E-state index contributed by atoms with van der Waals surface area (Å²) in [6.07, 6.45) is 18.5. The van der Waals surface area contributed by atoms with Crippen LogP contribution in [-0.2, 0) is 4.74 Å². The van der Waals surface area contributed by atoms with E-state index in [4.69, 9.17) is 9.47 Å². The van der Waals surface area contributed by atoms with E-state index in [1.165, 1.54) is 64.2 Å². The van der Waals surface area contributed by atoms with Gasteiger partial charge in [0.05, 0.1) is 18.9 Å². The van der Waals surface area contributed by atoms with E-state index < -0.39 is 0 Å². The number of hydrogen-bond donors (Lipinski definition) is 0. The number of unbranched alkanes of at least 4 members (excludes halogenated alkanes) is 10. The molecule has 0 amide bonds. The van der Waals surface area contributed by atoms with Gasteiger partial charge in [-0.05, 0) is 18.8 Å². The Bertz CT molecular complexity index is 841. The zero-order chi connectivity index (χ0) is 25.8. The summed E-state index contributed by atoms with van der Waals surface area (Å²) in [5.74, 6) is 0.417. The summed E-state index contributed by atoms with van der Waals surface area (Å²) in [4.78, 5) is 21.8. The summed E-state index contributed by atoms with van der Waals surface area (Å²) in [6.45, 7) is 7.80. The number of benzene rings is 1. The van der Waals surface area contributed by atoms with Crippen molar-refractivity contribution < 1.29 is 14.3 Å². The van der Waals surface area contributed by atoms with Crippen molar-refractivity contribution >= 4 is 5.97 Å². The first-order valence-corrected chi connectivity index (χ1v) is 14.4. The van der Waals surface area contributed by atoms with Crippen LogP contribution in [0.25, 0.3) is 11.3 Å². The Kier molecular flexibility index (Phi) is 15.5. The molecular weight excluding hydrogens is 448 g/mol. The van der Waals surface area contributed by atoms with Gasteiger partial charge in [0.15, 0.2) is 0 Å². The lowest BCUT2D eigenvalue weighted by atomic mass is 10.0. The Labute approximate surface area is 219 Å². The Morgan fingerprint density at radius 1 is 0.833 bits per heavy atom. The van der Waals surface area contributed by atoms with Gasteiger partial charge in [-0.3, -0.25) is 0 Å². The van der Waals surface area contributed by atoms with Crippen LogP contribution in [0.15, 0.2) is 36.5 Å². The third kappa shape index (κ3) is 12.0. The summed E-state index contributed by atoms with van der Waals surface area (Å²) in [5, 5.41) is 0. The van der Waals surface area contributed by atoms with Gasteiger partial charge < -0.3 is 9.47 Å². The van der Waals surface area contributed by atoms with Gasteiger partial charge in [0.25, 0.3) is 0 Å². The van der Waals surface area contributed by atoms with Crippen LogP contribution in [-0.4, -0.2) is 29.2 Å². The highest BCUT2D eigenvalue weighted by Gasteiger charge is 2.18. The number of carbonyl (C=O) groups excluding carboxylic acids is 1. The first kappa shape index (κ1) is 29.8. The molecule has 0 bridgehead atoms. The highest BCUT2D eigenvalue weighted by molar-refractivity contribution is 5.95. The second kappa shape index (κ2) is 18.8. The average Bonchev–Trinajstić information content (AvgIpc) is 2.91. The molecule has 1 heterocycles. The maximum absolute atomic E-state index is 12.9. The third-order valence-electron chi connectivity index (χ3n) is 6.78. The molecular formula is C31H48N2O3. The Morgan fingerprint density at radius 2 is 1.47 bits per heavy atom. The lowest BCUT2D eigenvalue weighted by Crippen LogP contribution is -2.11. The Balaban J connectivity index is 1.82. The topological polar surface area (TPSA) is 61.3 Å². The van der Waals surface area contributed by atoms with Gasteiger partial charge in [0.2, 0.25) is 0 Å². The van der Waals surface area contributed by atoms with Crippen molar-refractivity contribution in [3.8, 4) is 17.3 Å². The van der Waals surface area contributed by atoms with Crippen LogP contribution in [0.1, 0.15) is 121 Å². The van der Waals surface area contributed by atoms with Crippen molar-refractivity contribution in [2.75, 3.05) is 13.2 Å². The Hall–Kier alpha value is -2.43. The van der Waals surface area contributed by atoms with Crippen LogP contribution in [0.5, 0.6) is 6.01 Å². The number of carbonyl (C=O) groups is 1. The van der Waals surface area contributed by atoms with Gasteiger partial charge >= 0.3 is 12.0 Å². The highest BCUT2D eigenvalue weighted by atomic mass is 16.5. The first-order valence-electron chi connectivity index (χ1n) is 14.4. The van der Waals surface area contributed by atoms with Crippen molar-refractivity contribution in [2.45, 2.75) is 111 Å². The zero-order valence-corrected chi connectivity index (χ0v) is 23.0. The van der Waals surface area contributed by atoms with E-state index in [0.717, 1.165) is 37.2 Å². The quantitative estimate of drug-likeness (QED) is 0.135. The monoisotopic (exact) mass is 496 g/mol. The molecule has 0 saturated heterocycles. The molecule has 0 aliphatic carbocycles. The van der Waals surface area contributed by atoms with Crippen LogP contribution in [0.3, 0.4) is 0 Å². The fourth-order valence-corrected chi connectivity index (χ4v) is 4.20. The van der Waals surface area contributed by atoms with Gasteiger partial charge in [0.1, 0.15) is 5.56 Å². The summed E-state index contributed by atoms with van der Waals surface area (Å²) in [5.41, 5.74) is 1.81. The van der Waals surface area contributed by atoms with E-state index in [1.54, 1.807) is 6.20 Å². The van der Waals surface area contributed by atoms with E-state index in [9.17, 15) is 4.79 Å². The zero-order valence-electron chi connectivity index (χ0n) is 23.0. The van der Waals surface area contributed by atoms with E-state index in [2.05, 4.69) is 30.7 Å². The van der Waals surface area contributed by atoms with Gasteiger partial charge in [-0.25, -0.2) is 9.78 Å². The van der Waals surface area contributed by atoms with Crippen molar-refractivity contribution in [2.24, 2.45) is 5.92 Å². The molecule has 5 nitrogen and oxygen atoms in total. The van der Waals surface area contributed by atoms with E-state index in [-0.39, 0.29) is 5.97 Å². The number of rotatable bonds is 20. The maximum atomic E-state index is 12.9. The maximum Gasteiger partial charge on any atom is 0.341 e. The number of nitrogens with zero attached hydrogens (tertiary/aromatic N) is 2. The molecule has 0 spiro atoms. The smallest absolute Gasteiger partial charge is 0.341 e. The molecule has 200 valence electrons. The number of aromatic nitrogens is 2. The van der Waals surface area contributed by atoms with Crippen molar-refractivity contribution in [3.05, 3.63) is 42.1 Å². The van der Waals surface area contributed by atoms with Crippen LogP contribution in [0.4, 0.5) is 0 Å². The molecule has 1 unspecified atom stereocenters. The predicted octanol–water partition coefficient (Wildman–Crippen LogP) is 8.82. The molecule has 36 heavy (non-hydrogen) atoms. The second-order valence-electron chi connectivity index (χ2n) is 9.96. The van der Waals surface area contributed by atoms with Gasteiger partial charge in [-0.2, -0.15) is 4.98 Å². The molecule has 0 aliphatic rings. The second-order valence-corrected chi connectivity index (χ2v) is 9.96. The molecule has 0 N–H and O–H groups in total. The summed E-state index contributed by atoms with van der Waals surface area (Å²) >= 11 is 0. The molecule has 1 aromatic carbocycles. The van der Waals surface area contributed by atoms with E-state index in [0.29, 0.717) is 30.5 Å². The van der Waals surface area contributed by atoms with E-state index >= 15 is 0 Å². The lowest BCUT2D eigenvalue weighted by molar-refractivity contribution is 0.0497. The van der Waals surface area contributed by atoms with E-state index in [1.807, 2.05) is 30.3 Å². The first-order chi connectivity index (χ1) is 17.7. The van der Waals surface area contributed by atoms with Crippen molar-refractivity contribution in [3.63, 3.8) is 0 Å². The number of esters is 1. The summed E-state index contributed by atoms with van der Waals surface area (Å²) in [6, 6.07) is 10.0. The fraction of sp³-hybridized carbons (Fsp3) is 0.645. The summed E-state index contributed by atoms with van der Waals surface area (Å²) < 4.78 is 11.4. The van der Waals surface area contributed by atoms with Crippen LogP contribution < -0.4 is 4.74 Å². The normalized spacial score (nSPS) is 11.9. The number of ether oxygens (including phenoxy) is 2. The molecule has 0 radical (unpaired) electrons. The molecule has 0 aliphatic heterocycles. The van der Waals surface area contributed by atoms with Crippen LogP contribution in [0, 0.1) is 5.92 Å². The third-order valence-corrected chi connectivity index (χ3v) is 6.78. The lowest BCUT2D eigenvalue weighted by Gasteiger charge is -2.11. The van der Waals surface area contributed by atoms with Crippen LogP contribution >= 0.6 is 0 Å². The predicted molar refractivity (Wildman–Crippen MR) is 148 cm³/mol. The van der Waals surface area contributed by atoms with Gasteiger partial charge in [-0.15, -0.1) is 0 Å². The molecule has 1 aromatic heterocycles. The largest absolute Gasteiger partial charge is 0.463 e. The minimum atomic E-state index is -0.370. The van der Waals surface area contributed by atoms with Crippen LogP contribution in [0.2, 0.25) is 0 Å². The fourth-order valence-electron chi connectivity index (χ4n) is 4.20. The average molecular weight is 497 g/mol. The van der Waals surface area contributed by atoms with Gasteiger partial charge in [0, 0.05) is 11.8 Å². The van der Waals surface area contributed by atoms with Crippen molar-refractivity contribution in [1.82, 2.24) is 9.97 Å². The molecule has 5 heteroatoms. The SMILES string of the molecule is CCCCCCCCCCCOC(=O)c1cnc(OCCCCCC(C)CC)nc1-c1ccccc1.